The summed E-state index contributed by atoms with van der Waals surface area (Å²) < 4.78 is 6.23. The maximum Gasteiger partial charge on any atom is 0.182 e. The first-order valence-electron chi connectivity index (χ1n) is 11.4. The molecule has 1 aliphatic rings. The van der Waals surface area contributed by atoms with Crippen molar-refractivity contribution in [1.29, 1.82) is 0 Å². The van der Waals surface area contributed by atoms with Crippen molar-refractivity contribution in [3.8, 4) is 16.9 Å². The molecule has 4 aromatic rings. The molecule has 4 heterocycles. The van der Waals surface area contributed by atoms with Crippen molar-refractivity contribution in [1.82, 2.24) is 24.8 Å². The number of thiazole rings is 1. The number of nitrogen functional groups attached to an aromatic ring is 1. The molecule has 8 nitrogen and oxygen atoms in total. The van der Waals surface area contributed by atoms with Crippen LogP contribution in [0, 0.1) is 6.92 Å². The monoisotopic (exact) mass is 475 g/mol. The predicted octanol–water partition coefficient (Wildman–Crippen LogP) is 4.06. The van der Waals surface area contributed by atoms with Gasteiger partial charge >= 0.3 is 0 Å². The number of anilines is 2. The zero-order valence-corrected chi connectivity index (χ0v) is 20.8. The third-order valence-corrected chi connectivity index (χ3v) is 6.76. The van der Waals surface area contributed by atoms with Crippen LogP contribution in [0.4, 0.5) is 10.9 Å². The van der Waals surface area contributed by atoms with Crippen LogP contribution in [0.3, 0.4) is 0 Å². The third kappa shape index (κ3) is 4.41. The van der Waals surface area contributed by atoms with Crippen LogP contribution in [0.25, 0.3) is 21.5 Å². The second-order valence-electron chi connectivity index (χ2n) is 8.88. The highest BCUT2D eigenvalue weighted by molar-refractivity contribution is 7.21. The van der Waals surface area contributed by atoms with Gasteiger partial charge in [-0.05, 0) is 56.8 Å². The molecule has 0 bridgehead atoms. The average Bonchev–Trinajstić information content (AvgIpc) is 3.04. The normalized spacial score (nSPS) is 13.7. The first kappa shape index (κ1) is 22.5. The smallest absolute Gasteiger partial charge is 0.182 e. The number of ether oxygens (including phenoxy) is 1. The van der Waals surface area contributed by atoms with Crippen LogP contribution in [0.2, 0.25) is 0 Å². The van der Waals surface area contributed by atoms with Gasteiger partial charge in [0.1, 0.15) is 34.3 Å². The molecular formula is C25H29N7OS. The van der Waals surface area contributed by atoms with Crippen LogP contribution in [0.15, 0.2) is 30.6 Å². The summed E-state index contributed by atoms with van der Waals surface area (Å²) in [5.41, 5.74) is 12.2. The van der Waals surface area contributed by atoms with Crippen LogP contribution in [-0.4, -0.2) is 52.1 Å². The number of hydrogen-bond acceptors (Lipinski definition) is 9. The average molecular weight is 476 g/mol. The Bertz CT molecular complexity index is 1350. The van der Waals surface area contributed by atoms with Gasteiger partial charge < -0.3 is 20.3 Å². The van der Waals surface area contributed by atoms with Crippen molar-refractivity contribution in [3.05, 3.63) is 53.1 Å². The van der Waals surface area contributed by atoms with Crippen molar-refractivity contribution < 1.29 is 4.74 Å². The van der Waals surface area contributed by atoms with Gasteiger partial charge in [-0.2, -0.15) is 0 Å². The fourth-order valence-corrected chi connectivity index (χ4v) is 5.03. The molecule has 5 rings (SSSR count). The van der Waals surface area contributed by atoms with Gasteiger partial charge in [0.2, 0.25) is 0 Å². The minimum atomic E-state index is 0.534. The topological polar surface area (TPSA) is 93.3 Å². The molecule has 176 valence electrons. The summed E-state index contributed by atoms with van der Waals surface area (Å²) in [6, 6.07) is 6.41. The predicted molar refractivity (Wildman–Crippen MR) is 137 cm³/mol. The molecule has 1 aliphatic heterocycles. The molecule has 0 unspecified atom stereocenters. The quantitative estimate of drug-likeness (QED) is 0.462. The number of pyridine rings is 1. The lowest BCUT2D eigenvalue weighted by atomic mass is 9.99. The number of hydrogen-bond donors (Lipinski definition) is 1. The fourth-order valence-electron chi connectivity index (χ4n) is 4.37. The minimum Gasteiger partial charge on any atom is -0.491 e. The van der Waals surface area contributed by atoms with E-state index in [4.69, 9.17) is 15.5 Å². The summed E-state index contributed by atoms with van der Waals surface area (Å²) in [5.74, 6) is 2.78. The Hall–Kier alpha value is -3.30. The van der Waals surface area contributed by atoms with E-state index in [9.17, 15) is 0 Å². The molecule has 0 fully saturated rings. The lowest BCUT2D eigenvalue weighted by molar-refractivity contribution is 0.329. The summed E-state index contributed by atoms with van der Waals surface area (Å²) in [7, 11) is 4.06. The summed E-state index contributed by atoms with van der Waals surface area (Å²) in [4.78, 5) is 23.8. The number of rotatable bonds is 5. The molecular weight excluding hydrogens is 446 g/mol. The second kappa shape index (κ2) is 9.15. The molecule has 0 atom stereocenters. The molecule has 34 heavy (non-hydrogen) atoms. The summed E-state index contributed by atoms with van der Waals surface area (Å²) in [5, 5.41) is 0.534. The van der Waals surface area contributed by atoms with E-state index < -0.39 is 0 Å². The number of nitrogens with zero attached hydrogens (tertiary/aromatic N) is 6. The van der Waals surface area contributed by atoms with Crippen LogP contribution in [-0.2, 0) is 19.5 Å². The zero-order valence-electron chi connectivity index (χ0n) is 20.0. The van der Waals surface area contributed by atoms with E-state index in [1.165, 1.54) is 11.3 Å². The molecule has 0 aliphatic carbocycles. The first-order chi connectivity index (χ1) is 16.4. The van der Waals surface area contributed by atoms with E-state index in [0.717, 1.165) is 75.1 Å². The van der Waals surface area contributed by atoms with E-state index in [-0.39, 0.29) is 0 Å². The molecule has 0 spiro atoms. The third-order valence-electron chi connectivity index (χ3n) is 5.95. The summed E-state index contributed by atoms with van der Waals surface area (Å²) >= 11 is 1.40. The van der Waals surface area contributed by atoms with Crippen molar-refractivity contribution in [3.63, 3.8) is 0 Å². The Labute approximate surface area is 203 Å². The van der Waals surface area contributed by atoms with E-state index in [1.54, 1.807) is 0 Å². The Kier molecular flexibility index (Phi) is 6.05. The van der Waals surface area contributed by atoms with Gasteiger partial charge in [-0.25, -0.2) is 19.9 Å². The van der Waals surface area contributed by atoms with Crippen molar-refractivity contribution in [2.24, 2.45) is 0 Å². The van der Waals surface area contributed by atoms with E-state index >= 15 is 0 Å². The zero-order chi connectivity index (χ0) is 23.8. The molecule has 0 saturated carbocycles. The largest absolute Gasteiger partial charge is 0.491 e. The number of benzene rings is 1. The van der Waals surface area contributed by atoms with E-state index in [1.807, 2.05) is 26.5 Å². The van der Waals surface area contributed by atoms with Crippen molar-refractivity contribution >= 4 is 32.6 Å². The molecule has 0 saturated heterocycles. The van der Waals surface area contributed by atoms with Crippen LogP contribution < -0.4 is 15.4 Å². The summed E-state index contributed by atoms with van der Waals surface area (Å²) in [6.07, 6.45) is 4.74. The highest BCUT2D eigenvalue weighted by Crippen LogP contribution is 2.35. The van der Waals surface area contributed by atoms with Gasteiger partial charge in [-0.15, -0.1) is 0 Å². The lowest BCUT2D eigenvalue weighted by Gasteiger charge is -2.24. The second-order valence-corrected chi connectivity index (χ2v) is 9.89. The van der Waals surface area contributed by atoms with Gasteiger partial charge in [0.05, 0.1) is 13.1 Å². The van der Waals surface area contributed by atoms with Crippen LogP contribution >= 0.6 is 11.3 Å². The number of nitrogens with two attached hydrogens (primary N) is 1. The Balaban J connectivity index is 1.53. The van der Waals surface area contributed by atoms with Gasteiger partial charge in [0.15, 0.2) is 5.13 Å². The molecule has 0 amide bonds. The molecule has 0 radical (unpaired) electrons. The maximum absolute atomic E-state index is 6.23. The van der Waals surface area contributed by atoms with Gasteiger partial charge in [0.25, 0.3) is 0 Å². The molecule has 1 aromatic carbocycles. The number of aromatic nitrogens is 4. The van der Waals surface area contributed by atoms with Crippen molar-refractivity contribution in [2.45, 2.75) is 33.4 Å². The SMILES string of the molecule is CCc1cnc(CN(C)C)nc1N1CCOc2c(C)cc(-c3cnc4sc(N)nc4c3)cc2C1. The highest BCUT2D eigenvalue weighted by Gasteiger charge is 2.22. The molecule has 9 heteroatoms. The van der Waals surface area contributed by atoms with Crippen LogP contribution in [0.1, 0.15) is 29.4 Å². The first-order valence-corrected chi connectivity index (χ1v) is 12.3. The number of fused-ring (bicyclic) bond motifs is 2. The minimum absolute atomic E-state index is 0.534. The van der Waals surface area contributed by atoms with Gasteiger partial charge in [-0.1, -0.05) is 18.3 Å². The summed E-state index contributed by atoms with van der Waals surface area (Å²) in [6.45, 7) is 7.04. The highest BCUT2D eigenvalue weighted by atomic mass is 32.1. The Morgan fingerprint density at radius 2 is 1.97 bits per heavy atom. The standard InChI is InChI=1S/C25H29N7OS/c1-5-16-11-27-21(14-31(3)4)30-23(16)32-6-7-33-22-15(2)8-17(9-19(22)13-32)18-10-20-24(28-12-18)34-25(26)29-20/h8-12H,5-7,13-14H2,1-4H3,(H2,26,29). The lowest BCUT2D eigenvalue weighted by Crippen LogP contribution is -2.28. The molecule has 3 aromatic heterocycles. The van der Waals surface area contributed by atoms with E-state index in [0.29, 0.717) is 18.3 Å². The van der Waals surface area contributed by atoms with E-state index in [2.05, 4.69) is 56.8 Å². The van der Waals surface area contributed by atoms with Crippen LogP contribution in [0.5, 0.6) is 5.75 Å². The molecule has 2 N–H and O–H groups in total. The Morgan fingerprint density at radius 3 is 2.76 bits per heavy atom. The maximum atomic E-state index is 6.23. The fraction of sp³-hybridized carbons (Fsp3) is 0.360. The number of aryl methyl sites for hydroxylation is 2. The van der Waals surface area contributed by atoms with Gasteiger partial charge in [0, 0.05) is 35.6 Å². The Morgan fingerprint density at radius 1 is 1.12 bits per heavy atom. The van der Waals surface area contributed by atoms with Gasteiger partial charge in [-0.3, -0.25) is 0 Å². The van der Waals surface area contributed by atoms with Crippen molar-refractivity contribution in [2.75, 3.05) is 37.9 Å².